The maximum Gasteiger partial charge on any atom is 0.261 e. The average molecular weight is 377 g/mol. The van der Waals surface area contributed by atoms with Crippen molar-refractivity contribution in [3.8, 4) is 11.5 Å². The van der Waals surface area contributed by atoms with Gasteiger partial charge in [-0.15, -0.1) is 12.4 Å². The maximum absolute atomic E-state index is 5.37. The second-order valence-electron chi connectivity index (χ2n) is 4.83. The third kappa shape index (κ3) is 4.39. The molecule has 0 radical (unpaired) electrons. The van der Waals surface area contributed by atoms with E-state index in [4.69, 9.17) is 4.52 Å². The molecule has 0 amide bonds. The molecule has 1 unspecified atom stereocenters. The molecule has 2 aromatic heterocycles. The number of nitrogens with zero attached hydrogens (tertiary/aromatic N) is 4. The second kappa shape index (κ2) is 7.72. The highest BCUT2D eigenvalue weighted by atomic mass is 79.9. The van der Waals surface area contributed by atoms with Crippen LogP contribution in [-0.4, -0.2) is 42.3 Å². The zero-order chi connectivity index (χ0) is 14.7. The zero-order valence-electron chi connectivity index (χ0n) is 12.4. The van der Waals surface area contributed by atoms with Crippen molar-refractivity contribution >= 4 is 34.2 Å². The Hall–Kier alpha value is -1.18. The molecule has 0 aliphatic heterocycles. The molecule has 0 aromatic carbocycles. The number of hydrogen-bond donors (Lipinski definition) is 1. The normalized spacial score (nSPS) is 11.9. The van der Waals surface area contributed by atoms with Crippen molar-refractivity contribution in [3.05, 3.63) is 22.6 Å². The quantitative estimate of drug-likeness (QED) is 0.865. The summed E-state index contributed by atoms with van der Waals surface area (Å²) in [7, 11) is 5.77. The van der Waals surface area contributed by atoms with E-state index in [1.54, 1.807) is 6.20 Å². The van der Waals surface area contributed by atoms with Crippen LogP contribution >= 0.6 is 28.3 Å². The summed E-state index contributed by atoms with van der Waals surface area (Å²) >= 11 is 3.42. The van der Waals surface area contributed by atoms with Crippen LogP contribution in [0, 0.1) is 0 Å². The highest BCUT2D eigenvalue weighted by Crippen LogP contribution is 2.29. The topological polar surface area (TPSA) is 67.1 Å². The van der Waals surface area contributed by atoms with Crippen LogP contribution < -0.4 is 10.2 Å². The summed E-state index contributed by atoms with van der Waals surface area (Å²) in [6.07, 6.45) is 2.47. The summed E-state index contributed by atoms with van der Waals surface area (Å²) in [5.74, 6) is 1.97. The summed E-state index contributed by atoms with van der Waals surface area (Å²) in [4.78, 5) is 10.7. The number of halogens is 2. The molecule has 0 saturated heterocycles. The summed E-state index contributed by atoms with van der Waals surface area (Å²) < 4.78 is 6.24. The summed E-state index contributed by atoms with van der Waals surface area (Å²) in [5.41, 5.74) is 0.820. The molecule has 8 heteroatoms. The van der Waals surface area contributed by atoms with Gasteiger partial charge in [-0.2, -0.15) is 4.98 Å². The SMILES string of the molecule is CNC(C)Cc1noc(-c2cc(Br)cnc2N(C)C)n1.Cl. The van der Waals surface area contributed by atoms with Crippen molar-refractivity contribution < 1.29 is 4.52 Å². The van der Waals surface area contributed by atoms with Gasteiger partial charge in [0.2, 0.25) is 0 Å². The van der Waals surface area contributed by atoms with Crippen LogP contribution in [0.5, 0.6) is 0 Å². The van der Waals surface area contributed by atoms with Gasteiger partial charge < -0.3 is 14.7 Å². The Morgan fingerprint density at radius 1 is 1.43 bits per heavy atom. The Kier molecular flexibility index (Phi) is 6.57. The van der Waals surface area contributed by atoms with Crippen LogP contribution in [0.4, 0.5) is 5.82 Å². The maximum atomic E-state index is 5.37. The lowest BCUT2D eigenvalue weighted by Gasteiger charge is -2.13. The Labute approximate surface area is 138 Å². The Balaban J connectivity index is 0.00000220. The molecule has 0 spiro atoms. The monoisotopic (exact) mass is 375 g/mol. The van der Waals surface area contributed by atoms with Gasteiger partial charge in [-0.3, -0.25) is 0 Å². The average Bonchev–Trinajstić information content (AvgIpc) is 2.86. The highest BCUT2D eigenvalue weighted by Gasteiger charge is 2.17. The largest absolute Gasteiger partial charge is 0.362 e. The summed E-state index contributed by atoms with van der Waals surface area (Å²) in [6, 6.07) is 2.23. The van der Waals surface area contributed by atoms with Crippen molar-refractivity contribution in [1.29, 1.82) is 0 Å². The van der Waals surface area contributed by atoms with Gasteiger partial charge in [0.05, 0.1) is 5.56 Å². The molecule has 0 aliphatic carbocycles. The molecule has 6 nitrogen and oxygen atoms in total. The number of aromatic nitrogens is 3. The van der Waals surface area contributed by atoms with Crippen LogP contribution in [0.15, 0.2) is 21.3 Å². The number of likely N-dealkylation sites (N-methyl/N-ethyl adjacent to an activating group) is 1. The van der Waals surface area contributed by atoms with E-state index in [0.29, 0.717) is 17.8 Å². The second-order valence-corrected chi connectivity index (χ2v) is 5.74. The van der Waals surface area contributed by atoms with Crippen LogP contribution in [0.1, 0.15) is 12.7 Å². The molecule has 0 saturated carbocycles. The molecule has 0 fully saturated rings. The minimum absolute atomic E-state index is 0. The first-order chi connectivity index (χ1) is 9.51. The fourth-order valence-electron chi connectivity index (χ4n) is 1.77. The van der Waals surface area contributed by atoms with E-state index >= 15 is 0 Å². The lowest BCUT2D eigenvalue weighted by Crippen LogP contribution is -2.24. The van der Waals surface area contributed by atoms with Gasteiger partial charge in [-0.05, 0) is 36.0 Å². The molecule has 0 bridgehead atoms. The Bertz CT molecular complexity index is 590. The van der Waals surface area contributed by atoms with Crippen LogP contribution in [0.25, 0.3) is 11.5 Å². The van der Waals surface area contributed by atoms with Crippen molar-refractivity contribution in [3.63, 3.8) is 0 Å². The lowest BCUT2D eigenvalue weighted by molar-refractivity contribution is 0.418. The van der Waals surface area contributed by atoms with E-state index in [0.717, 1.165) is 22.3 Å². The van der Waals surface area contributed by atoms with Gasteiger partial charge in [0.15, 0.2) is 5.82 Å². The van der Waals surface area contributed by atoms with Crippen molar-refractivity contribution in [2.24, 2.45) is 0 Å². The Morgan fingerprint density at radius 3 is 2.76 bits per heavy atom. The third-order valence-corrected chi connectivity index (χ3v) is 3.37. The van der Waals surface area contributed by atoms with Gasteiger partial charge in [0.1, 0.15) is 5.82 Å². The van der Waals surface area contributed by atoms with E-state index in [-0.39, 0.29) is 12.4 Å². The van der Waals surface area contributed by atoms with Crippen LogP contribution in [-0.2, 0) is 6.42 Å². The molecule has 1 atom stereocenters. The smallest absolute Gasteiger partial charge is 0.261 e. The van der Waals surface area contributed by atoms with Gasteiger partial charge in [-0.1, -0.05) is 5.16 Å². The van der Waals surface area contributed by atoms with E-state index in [1.807, 2.05) is 32.1 Å². The first kappa shape index (κ1) is 17.9. The van der Waals surface area contributed by atoms with E-state index in [1.165, 1.54) is 0 Å². The molecular formula is C13H19BrClN5O. The molecule has 116 valence electrons. The molecule has 2 rings (SSSR count). The molecular weight excluding hydrogens is 358 g/mol. The number of hydrogen-bond acceptors (Lipinski definition) is 6. The predicted octanol–water partition coefficient (Wildman–Crippen LogP) is 2.53. The number of pyridine rings is 1. The number of nitrogens with one attached hydrogen (secondary N) is 1. The van der Waals surface area contributed by atoms with Crippen LogP contribution in [0.2, 0.25) is 0 Å². The molecule has 2 aromatic rings. The van der Waals surface area contributed by atoms with Crippen molar-refractivity contribution in [1.82, 2.24) is 20.4 Å². The molecule has 21 heavy (non-hydrogen) atoms. The van der Waals surface area contributed by atoms with E-state index in [2.05, 4.69) is 43.3 Å². The molecule has 2 heterocycles. The lowest BCUT2D eigenvalue weighted by atomic mass is 10.2. The fourth-order valence-corrected chi connectivity index (χ4v) is 2.10. The van der Waals surface area contributed by atoms with E-state index in [9.17, 15) is 0 Å². The minimum Gasteiger partial charge on any atom is -0.362 e. The number of anilines is 1. The van der Waals surface area contributed by atoms with Gasteiger partial charge in [0, 0.05) is 37.2 Å². The van der Waals surface area contributed by atoms with Crippen molar-refractivity contribution in [2.75, 3.05) is 26.0 Å². The third-order valence-electron chi connectivity index (χ3n) is 2.94. The zero-order valence-corrected chi connectivity index (χ0v) is 14.8. The van der Waals surface area contributed by atoms with Crippen LogP contribution in [0.3, 0.4) is 0 Å². The van der Waals surface area contributed by atoms with Gasteiger partial charge in [-0.25, -0.2) is 4.98 Å². The number of rotatable bonds is 5. The minimum atomic E-state index is 0. The summed E-state index contributed by atoms with van der Waals surface area (Å²) in [5, 5.41) is 7.17. The molecule has 1 N–H and O–H groups in total. The fraction of sp³-hybridized carbons (Fsp3) is 0.462. The van der Waals surface area contributed by atoms with Gasteiger partial charge >= 0.3 is 0 Å². The van der Waals surface area contributed by atoms with Crippen molar-refractivity contribution in [2.45, 2.75) is 19.4 Å². The first-order valence-corrected chi connectivity index (χ1v) is 7.13. The van der Waals surface area contributed by atoms with Gasteiger partial charge in [0.25, 0.3) is 5.89 Å². The first-order valence-electron chi connectivity index (χ1n) is 6.34. The standard InChI is InChI=1S/C13H18BrN5O.ClH/c1-8(15-2)5-11-17-13(20-18-11)10-6-9(14)7-16-12(10)19(3)4;/h6-8,15H,5H2,1-4H3;1H. The highest BCUT2D eigenvalue weighted by molar-refractivity contribution is 9.10. The Morgan fingerprint density at radius 2 is 2.14 bits per heavy atom. The summed E-state index contributed by atoms with van der Waals surface area (Å²) in [6.45, 7) is 2.07. The molecule has 0 aliphatic rings. The predicted molar refractivity (Wildman–Crippen MR) is 89.0 cm³/mol. The van der Waals surface area contributed by atoms with E-state index < -0.39 is 0 Å².